The van der Waals surface area contributed by atoms with Crippen LogP contribution in [0.3, 0.4) is 0 Å². The first kappa shape index (κ1) is 24.4. The number of nitrogens with one attached hydrogen (secondary N) is 2. The first-order valence-electron chi connectivity index (χ1n) is 12.4. The minimum absolute atomic E-state index is 0.0305. The van der Waals surface area contributed by atoms with Gasteiger partial charge in [-0.3, -0.25) is 9.69 Å². The summed E-state index contributed by atoms with van der Waals surface area (Å²) in [5.41, 5.74) is 5.25. The van der Waals surface area contributed by atoms with E-state index in [1.807, 2.05) is 12.1 Å². The predicted molar refractivity (Wildman–Crippen MR) is 145 cm³/mol. The summed E-state index contributed by atoms with van der Waals surface area (Å²) < 4.78 is 0. The Bertz CT molecular complexity index is 1190. The predicted octanol–water partition coefficient (Wildman–Crippen LogP) is 4.55. The number of likely N-dealkylation sites (N-methyl/N-ethyl adjacent to an activating group) is 1. The van der Waals surface area contributed by atoms with Gasteiger partial charge in [-0.15, -0.1) is 0 Å². The summed E-state index contributed by atoms with van der Waals surface area (Å²) in [4.78, 5) is 20.9. The van der Waals surface area contributed by atoms with Gasteiger partial charge in [-0.05, 0) is 86.6 Å². The molecule has 2 aromatic carbocycles. The third kappa shape index (κ3) is 5.68. The van der Waals surface area contributed by atoms with Crippen LogP contribution in [0, 0.1) is 13.8 Å². The van der Waals surface area contributed by atoms with Gasteiger partial charge in [0.15, 0.2) is 5.11 Å². The van der Waals surface area contributed by atoms with Crippen molar-refractivity contribution >= 4 is 28.2 Å². The van der Waals surface area contributed by atoms with E-state index in [1.54, 1.807) is 0 Å². The molecule has 0 amide bonds. The fourth-order valence-corrected chi connectivity index (χ4v) is 5.20. The van der Waals surface area contributed by atoms with E-state index in [0.717, 1.165) is 59.7 Å². The van der Waals surface area contributed by atoms with Crippen LogP contribution in [0.25, 0.3) is 10.9 Å². The lowest BCUT2D eigenvalue weighted by Gasteiger charge is -2.32. The highest BCUT2D eigenvalue weighted by Gasteiger charge is 2.26. The molecule has 0 radical (unpaired) electrons. The van der Waals surface area contributed by atoms with E-state index < -0.39 is 0 Å². The average Bonchev–Trinajstić information content (AvgIpc) is 3.30. The SMILES string of the molecule is CCN1CCCC1CN(Cc1cc2ccc(C)c(C)c2[nH]c1=O)C(=S)NCCc1ccccc1. The van der Waals surface area contributed by atoms with Crippen LogP contribution in [-0.4, -0.2) is 52.1 Å². The van der Waals surface area contributed by atoms with E-state index in [9.17, 15) is 4.79 Å². The Balaban J connectivity index is 1.53. The second-order valence-corrected chi connectivity index (χ2v) is 9.75. The molecule has 180 valence electrons. The Morgan fingerprint density at radius 2 is 2.00 bits per heavy atom. The van der Waals surface area contributed by atoms with Crippen LogP contribution in [0.4, 0.5) is 0 Å². The third-order valence-corrected chi connectivity index (χ3v) is 7.55. The topological polar surface area (TPSA) is 51.4 Å². The summed E-state index contributed by atoms with van der Waals surface area (Å²) in [6, 6.07) is 17.1. The van der Waals surface area contributed by atoms with Gasteiger partial charge >= 0.3 is 0 Å². The largest absolute Gasteiger partial charge is 0.362 e. The summed E-state index contributed by atoms with van der Waals surface area (Å²) in [6.45, 7) is 10.6. The highest BCUT2D eigenvalue weighted by Crippen LogP contribution is 2.21. The quantitative estimate of drug-likeness (QED) is 0.467. The van der Waals surface area contributed by atoms with E-state index in [1.165, 1.54) is 24.0 Å². The summed E-state index contributed by atoms with van der Waals surface area (Å²) in [5, 5.41) is 5.25. The summed E-state index contributed by atoms with van der Waals surface area (Å²) in [7, 11) is 0. The lowest BCUT2D eigenvalue weighted by Crippen LogP contribution is -2.47. The maximum Gasteiger partial charge on any atom is 0.253 e. The van der Waals surface area contributed by atoms with E-state index in [0.29, 0.717) is 12.6 Å². The highest BCUT2D eigenvalue weighted by molar-refractivity contribution is 7.80. The van der Waals surface area contributed by atoms with Crippen molar-refractivity contribution in [1.82, 2.24) is 20.1 Å². The average molecular weight is 477 g/mol. The minimum atomic E-state index is -0.0305. The van der Waals surface area contributed by atoms with Crippen LogP contribution in [0.2, 0.25) is 0 Å². The van der Waals surface area contributed by atoms with Gasteiger partial charge in [0.2, 0.25) is 0 Å². The highest BCUT2D eigenvalue weighted by atomic mass is 32.1. The number of fused-ring (bicyclic) bond motifs is 1. The third-order valence-electron chi connectivity index (χ3n) is 7.15. The smallest absolute Gasteiger partial charge is 0.253 e. The number of hydrogen-bond donors (Lipinski definition) is 2. The number of aromatic amines is 1. The molecule has 1 aliphatic rings. The van der Waals surface area contributed by atoms with Crippen molar-refractivity contribution in [2.24, 2.45) is 0 Å². The number of benzene rings is 2. The van der Waals surface area contributed by atoms with Crippen LogP contribution in [0.15, 0.2) is 53.3 Å². The number of H-pyrrole nitrogens is 1. The number of hydrogen-bond acceptors (Lipinski definition) is 3. The molecule has 0 bridgehead atoms. The first-order valence-corrected chi connectivity index (χ1v) is 12.8. The maximum absolute atomic E-state index is 13.1. The molecule has 6 heteroatoms. The lowest BCUT2D eigenvalue weighted by molar-refractivity contribution is 0.219. The Morgan fingerprint density at radius 1 is 1.21 bits per heavy atom. The van der Waals surface area contributed by atoms with Crippen molar-refractivity contribution < 1.29 is 0 Å². The second-order valence-electron chi connectivity index (χ2n) is 9.37. The van der Waals surface area contributed by atoms with Crippen LogP contribution >= 0.6 is 12.2 Å². The molecule has 5 nitrogen and oxygen atoms in total. The van der Waals surface area contributed by atoms with Crippen LogP contribution in [0.5, 0.6) is 0 Å². The fourth-order valence-electron chi connectivity index (χ4n) is 4.96. The first-order chi connectivity index (χ1) is 16.5. The number of rotatable bonds is 8. The Morgan fingerprint density at radius 3 is 2.76 bits per heavy atom. The van der Waals surface area contributed by atoms with Crippen molar-refractivity contribution in [2.75, 3.05) is 26.2 Å². The zero-order valence-corrected chi connectivity index (χ0v) is 21.4. The van der Waals surface area contributed by atoms with E-state index in [-0.39, 0.29) is 5.56 Å². The number of aromatic nitrogens is 1. The molecule has 1 aliphatic heterocycles. The van der Waals surface area contributed by atoms with Gasteiger partial charge < -0.3 is 15.2 Å². The maximum atomic E-state index is 13.1. The van der Waals surface area contributed by atoms with Crippen molar-refractivity contribution in [3.8, 4) is 0 Å². The molecule has 1 unspecified atom stereocenters. The van der Waals surface area contributed by atoms with Gasteiger partial charge in [-0.1, -0.05) is 49.4 Å². The van der Waals surface area contributed by atoms with E-state index in [2.05, 4.69) is 77.3 Å². The number of nitrogens with zero attached hydrogens (tertiary/aromatic N) is 2. The van der Waals surface area contributed by atoms with Gasteiger partial charge in [-0.25, -0.2) is 0 Å². The molecule has 4 rings (SSSR count). The molecule has 1 aromatic heterocycles. The molecule has 1 saturated heterocycles. The lowest BCUT2D eigenvalue weighted by atomic mass is 10.0. The molecule has 34 heavy (non-hydrogen) atoms. The molecule has 0 spiro atoms. The van der Waals surface area contributed by atoms with E-state index in [4.69, 9.17) is 12.2 Å². The molecule has 1 fully saturated rings. The Kier molecular flexibility index (Phi) is 8.01. The van der Waals surface area contributed by atoms with Crippen molar-refractivity contribution in [3.05, 3.63) is 81.1 Å². The molecule has 2 heterocycles. The molecule has 2 N–H and O–H groups in total. The van der Waals surface area contributed by atoms with Crippen LogP contribution < -0.4 is 10.9 Å². The van der Waals surface area contributed by atoms with Crippen molar-refractivity contribution in [3.63, 3.8) is 0 Å². The van der Waals surface area contributed by atoms with Crippen molar-refractivity contribution in [2.45, 2.75) is 52.6 Å². The van der Waals surface area contributed by atoms with Gasteiger partial charge in [0, 0.05) is 24.7 Å². The molecule has 3 aromatic rings. The van der Waals surface area contributed by atoms with Gasteiger partial charge in [0.1, 0.15) is 0 Å². The second kappa shape index (κ2) is 11.2. The molecule has 0 aliphatic carbocycles. The molecule has 0 saturated carbocycles. The number of pyridine rings is 1. The number of aryl methyl sites for hydroxylation is 2. The number of thiocarbonyl (C=S) groups is 1. The molecular formula is C28H36N4OS. The zero-order valence-electron chi connectivity index (χ0n) is 20.6. The summed E-state index contributed by atoms with van der Waals surface area (Å²) in [5.74, 6) is 0. The van der Waals surface area contributed by atoms with Gasteiger partial charge in [0.05, 0.1) is 12.1 Å². The number of likely N-dealkylation sites (tertiary alicyclic amines) is 1. The van der Waals surface area contributed by atoms with Crippen LogP contribution in [0.1, 0.15) is 42.0 Å². The fraction of sp³-hybridized carbons (Fsp3) is 0.429. The summed E-state index contributed by atoms with van der Waals surface area (Å²) in [6.07, 6.45) is 3.30. The normalized spacial score (nSPS) is 16.1. The van der Waals surface area contributed by atoms with Crippen LogP contribution in [-0.2, 0) is 13.0 Å². The van der Waals surface area contributed by atoms with Gasteiger partial charge in [-0.2, -0.15) is 0 Å². The molecular weight excluding hydrogens is 440 g/mol. The Labute approximate surface area is 208 Å². The van der Waals surface area contributed by atoms with Gasteiger partial charge in [0.25, 0.3) is 5.56 Å². The monoisotopic (exact) mass is 476 g/mol. The van der Waals surface area contributed by atoms with Crippen molar-refractivity contribution in [1.29, 1.82) is 0 Å². The van der Waals surface area contributed by atoms with E-state index >= 15 is 0 Å². The Hall–Kier alpha value is -2.70. The minimum Gasteiger partial charge on any atom is -0.362 e. The standard InChI is InChI=1S/C28H36N4OS/c1-4-31-16-8-11-25(31)19-32(28(34)29-15-14-22-9-6-5-7-10-22)18-24-17-23-13-12-20(2)21(3)26(23)30-27(24)33/h5-7,9-10,12-13,17,25H,4,8,11,14-16,18-19H2,1-3H3,(H,29,34)(H,30,33). The summed E-state index contributed by atoms with van der Waals surface area (Å²) >= 11 is 5.86. The zero-order chi connectivity index (χ0) is 24.1. The molecule has 1 atom stereocenters.